The quantitative estimate of drug-likeness (QED) is 0.841. The summed E-state index contributed by atoms with van der Waals surface area (Å²) in [7, 11) is 0. The maximum atomic E-state index is 12.9. The lowest BCUT2D eigenvalue weighted by Gasteiger charge is -2.20. The summed E-state index contributed by atoms with van der Waals surface area (Å²) in [5.74, 6) is 0.354. The molecular formula is C22H21N3O4. The van der Waals surface area contributed by atoms with E-state index in [1.165, 1.54) is 5.56 Å². The van der Waals surface area contributed by atoms with Gasteiger partial charge in [0.1, 0.15) is 11.8 Å². The van der Waals surface area contributed by atoms with E-state index < -0.39 is 6.04 Å². The molecular weight excluding hydrogens is 370 g/mol. The normalized spacial score (nSPS) is 19.6. The average Bonchev–Trinajstić information content (AvgIpc) is 3.35. The fourth-order valence-electron chi connectivity index (χ4n) is 4.27. The predicted molar refractivity (Wildman–Crippen MR) is 107 cm³/mol. The van der Waals surface area contributed by atoms with E-state index in [4.69, 9.17) is 4.74 Å². The van der Waals surface area contributed by atoms with Crippen molar-refractivity contribution in [3.63, 3.8) is 0 Å². The van der Waals surface area contributed by atoms with E-state index in [1.54, 1.807) is 23.1 Å². The van der Waals surface area contributed by atoms with Crippen LogP contribution in [0.2, 0.25) is 0 Å². The third kappa shape index (κ3) is 3.22. The van der Waals surface area contributed by atoms with E-state index in [-0.39, 0.29) is 24.1 Å². The molecule has 148 valence electrons. The van der Waals surface area contributed by atoms with Crippen LogP contribution in [0.15, 0.2) is 36.4 Å². The van der Waals surface area contributed by atoms with Crippen LogP contribution in [0.25, 0.3) is 0 Å². The number of hydrogen-bond acceptors (Lipinski definition) is 4. The van der Waals surface area contributed by atoms with Gasteiger partial charge in [0.05, 0.1) is 24.3 Å². The standard InChI is InChI=1S/C22H21N3O4/c26-20(11-13-3-4-14-7-9-29-19(14)10-13)23-15-5-6-17-16(12-15)22(28)25-8-1-2-18(25)21(27)24-17/h3-6,10,12,18H,1-2,7-9,11H2,(H,23,26)(H,24,27)/t18-/m1/s1. The summed E-state index contributed by atoms with van der Waals surface area (Å²) in [5, 5.41) is 5.70. The van der Waals surface area contributed by atoms with E-state index in [0.29, 0.717) is 36.5 Å². The topological polar surface area (TPSA) is 87.7 Å². The first kappa shape index (κ1) is 17.7. The predicted octanol–water partition coefficient (Wildman–Crippen LogP) is 2.36. The minimum absolute atomic E-state index is 0.148. The summed E-state index contributed by atoms with van der Waals surface area (Å²) in [4.78, 5) is 39.4. The second kappa shape index (κ2) is 6.92. The molecule has 29 heavy (non-hydrogen) atoms. The number of nitrogens with one attached hydrogen (secondary N) is 2. The van der Waals surface area contributed by atoms with Crippen molar-refractivity contribution in [2.75, 3.05) is 23.8 Å². The number of carbonyl (C=O) groups is 3. The Balaban J connectivity index is 1.34. The molecule has 2 aromatic carbocycles. The molecule has 0 unspecified atom stereocenters. The smallest absolute Gasteiger partial charge is 0.256 e. The van der Waals surface area contributed by atoms with Gasteiger partial charge in [0.25, 0.3) is 5.91 Å². The molecule has 3 aliphatic heterocycles. The summed E-state index contributed by atoms with van der Waals surface area (Å²) in [5.41, 5.74) is 3.47. The van der Waals surface area contributed by atoms with E-state index >= 15 is 0 Å². The molecule has 1 saturated heterocycles. The molecule has 1 atom stereocenters. The zero-order chi connectivity index (χ0) is 20.0. The summed E-state index contributed by atoms with van der Waals surface area (Å²) < 4.78 is 5.56. The van der Waals surface area contributed by atoms with Crippen molar-refractivity contribution in [3.05, 3.63) is 53.1 Å². The number of fused-ring (bicyclic) bond motifs is 3. The molecule has 1 fully saturated rings. The molecule has 7 nitrogen and oxygen atoms in total. The van der Waals surface area contributed by atoms with Crippen molar-refractivity contribution in [2.24, 2.45) is 0 Å². The second-order valence-corrected chi connectivity index (χ2v) is 7.67. The van der Waals surface area contributed by atoms with Gasteiger partial charge in [-0.05, 0) is 48.2 Å². The Labute approximate surface area is 168 Å². The van der Waals surface area contributed by atoms with Gasteiger partial charge in [-0.2, -0.15) is 0 Å². The Bertz CT molecular complexity index is 1030. The molecule has 0 bridgehead atoms. The van der Waals surface area contributed by atoms with Gasteiger partial charge in [-0.1, -0.05) is 12.1 Å². The second-order valence-electron chi connectivity index (χ2n) is 7.67. The lowest BCUT2D eigenvalue weighted by Crippen LogP contribution is -2.40. The summed E-state index contributed by atoms with van der Waals surface area (Å²) in [6.07, 6.45) is 2.62. The lowest BCUT2D eigenvalue weighted by atomic mass is 10.1. The minimum Gasteiger partial charge on any atom is -0.493 e. The number of rotatable bonds is 3. The number of nitrogens with zero attached hydrogens (tertiary/aromatic N) is 1. The van der Waals surface area contributed by atoms with Crippen LogP contribution in [0.1, 0.15) is 34.3 Å². The van der Waals surface area contributed by atoms with Crippen LogP contribution in [-0.2, 0) is 22.4 Å². The molecule has 3 amide bonds. The van der Waals surface area contributed by atoms with Gasteiger partial charge in [0.2, 0.25) is 11.8 Å². The van der Waals surface area contributed by atoms with E-state index in [2.05, 4.69) is 10.6 Å². The fourth-order valence-corrected chi connectivity index (χ4v) is 4.27. The van der Waals surface area contributed by atoms with E-state index in [9.17, 15) is 14.4 Å². The van der Waals surface area contributed by atoms with Crippen molar-refractivity contribution in [2.45, 2.75) is 31.7 Å². The highest BCUT2D eigenvalue weighted by Crippen LogP contribution is 2.31. The van der Waals surface area contributed by atoms with Crippen molar-refractivity contribution >= 4 is 29.1 Å². The van der Waals surface area contributed by atoms with Crippen molar-refractivity contribution in [3.8, 4) is 5.75 Å². The third-order valence-electron chi connectivity index (χ3n) is 5.73. The van der Waals surface area contributed by atoms with Crippen molar-refractivity contribution in [1.29, 1.82) is 0 Å². The monoisotopic (exact) mass is 391 g/mol. The van der Waals surface area contributed by atoms with Crippen LogP contribution >= 0.6 is 0 Å². The Morgan fingerprint density at radius 1 is 1.21 bits per heavy atom. The van der Waals surface area contributed by atoms with E-state index in [1.807, 2.05) is 18.2 Å². The maximum absolute atomic E-state index is 12.9. The highest BCUT2D eigenvalue weighted by molar-refractivity contribution is 6.11. The molecule has 2 aromatic rings. The van der Waals surface area contributed by atoms with Gasteiger partial charge in [0, 0.05) is 18.7 Å². The number of benzene rings is 2. The molecule has 5 rings (SSSR count). The van der Waals surface area contributed by atoms with Gasteiger partial charge < -0.3 is 20.3 Å². The summed E-state index contributed by atoms with van der Waals surface area (Å²) in [6.45, 7) is 1.26. The SMILES string of the molecule is O=C(Cc1ccc2c(c1)OCC2)Nc1ccc2c(c1)C(=O)N1CCC[C@@H]1C(=O)N2. The molecule has 0 aliphatic carbocycles. The van der Waals surface area contributed by atoms with Gasteiger partial charge in [-0.15, -0.1) is 0 Å². The van der Waals surface area contributed by atoms with Gasteiger partial charge in [0.15, 0.2) is 0 Å². The molecule has 3 heterocycles. The molecule has 7 heteroatoms. The maximum Gasteiger partial charge on any atom is 0.256 e. The van der Waals surface area contributed by atoms with Crippen LogP contribution in [0.4, 0.5) is 11.4 Å². The average molecular weight is 391 g/mol. The Morgan fingerprint density at radius 2 is 2.10 bits per heavy atom. The first-order valence-corrected chi connectivity index (χ1v) is 9.89. The van der Waals surface area contributed by atoms with Crippen molar-refractivity contribution < 1.29 is 19.1 Å². The molecule has 0 saturated carbocycles. The van der Waals surface area contributed by atoms with Crippen molar-refractivity contribution in [1.82, 2.24) is 4.90 Å². The minimum atomic E-state index is -0.407. The van der Waals surface area contributed by atoms with Crippen LogP contribution < -0.4 is 15.4 Å². The summed E-state index contributed by atoms with van der Waals surface area (Å²) >= 11 is 0. The Morgan fingerprint density at radius 3 is 3.00 bits per heavy atom. The van der Waals surface area contributed by atoms with Crippen LogP contribution in [0, 0.1) is 0 Å². The molecule has 2 N–H and O–H groups in total. The first-order chi connectivity index (χ1) is 14.1. The number of anilines is 2. The lowest BCUT2D eigenvalue weighted by molar-refractivity contribution is -0.119. The van der Waals surface area contributed by atoms with Crippen LogP contribution in [0.5, 0.6) is 5.75 Å². The molecule has 0 aromatic heterocycles. The zero-order valence-electron chi connectivity index (χ0n) is 15.9. The largest absolute Gasteiger partial charge is 0.493 e. The fraction of sp³-hybridized carbons (Fsp3) is 0.318. The zero-order valence-corrected chi connectivity index (χ0v) is 15.9. The number of hydrogen-bond donors (Lipinski definition) is 2. The van der Waals surface area contributed by atoms with Crippen LogP contribution in [0.3, 0.4) is 0 Å². The molecule has 0 radical (unpaired) electrons. The number of ether oxygens (including phenoxy) is 1. The van der Waals surface area contributed by atoms with Gasteiger partial charge in [-0.3, -0.25) is 14.4 Å². The summed E-state index contributed by atoms with van der Waals surface area (Å²) in [6, 6.07) is 10.5. The van der Waals surface area contributed by atoms with Gasteiger partial charge >= 0.3 is 0 Å². The number of amides is 3. The van der Waals surface area contributed by atoms with Crippen LogP contribution in [-0.4, -0.2) is 41.8 Å². The third-order valence-corrected chi connectivity index (χ3v) is 5.73. The number of carbonyl (C=O) groups excluding carboxylic acids is 3. The Kier molecular flexibility index (Phi) is 4.23. The highest BCUT2D eigenvalue weighted by Gasteiger charge is 2.38. The molecule has 0 spiro atoms. The Hall–Kier alpha value is -3.35. The molecule has 3 aliphatic rings. The first-order valence-electron chi connectivity index (χ1n) is 9.89. The highest BCUT2D eigenvalue weighted by atomic mass is 16.5. The van der Waals surface area contributed by atoms with Gasteiger partial charge in [-0.25, -0.2) is 0 Å². The van der Waals surface area contributed by atoms with E-state index in [0.717, 1.165) is 24.2 Å².